The smallest absolute Gasteiger partial charge is 0.137 e. The molecule has 1 saturated carbocycles. The lowest BCUT2D eigenvalue weighted by Gasteiger charge is -2.23. The number of nitrogens with zero attached hydrogens (tertiary/aromatic N) is 1. The molecule has 0 bridgehead atoms. The number of hydrogen-bond acceptors (Lipinski definition) is 3. The molecule has 0 spiro atoms. The summed E-state index contributed by atoms with van der Waals surface area (Å²) in [5, 5.41) is 10.6. The largest absolute Gasteiger partial charge is 0.497 e. The number of rotatable bonds is 11. The van der Waals surface area contributed by atoms with Gasteiger partial charge in [0.1, 0.15) is 43.1 Å². The van der Waals surface area contributed by atoms with Gasteiger partial charge in [0.15, 0.2) is 0 Å². The van der Waals surface area contributed by atoms with Crippen LogP contribution in [-0.2, 0) is 13.1 Å². The van der Waals surface area contributed by atoms with Gasteiger partial charge in [0.25, 0.3) is 0 Å². The number of methoxy groups -OCH3 is 1. The molecule has 2 N–H and O–H groups in total. The predicted molar refractivity (Wildman–Crippen MR) is 117 cm³/mol. The van der Waals surface area contributed by atoms with Gasteiger partial charge in [-0.2, -0.15) is 0 Å². The number of nitrogens with one attached hydrogen (secondary N) is 1. The topological polar surface area (TPSA) is 48.1 Å². The summed E-state index contributed by atoms with van der Waals surface area (Å²) in [6, 6.07) is 18.9. The van der Waals surface area contributed by atoms with E-state index in [9.17, 15) is 9.50 Å². The van der Waals surface area contributed by atoms with Crippen molar-refractivity contribution < 1.29 is 23.9 Å². The van der Waals surface area contributed by atoms with Gasteiger partial charge in [0.2, 0.25) is 0 Å². The first-order valence-electron chi connectivity index (χ1n) is 10.8. The molecule has 31 heavy (non-hydrogen) atoms. The summed E-state index contributed by atoms with van der Waals surface area (Å²) in [6.45, 7) is 2.17. The maximum Gasteiger partial charge on any atom is 0.137 e. The van der Waals surface area contributed by atoms with E-state index in [1.807, 2.05) is 48.7 Å². The maximum absolute atomic E-state index is 14.1. The molecule has 0 radical (unpaired) electrons. The molecule has 5 nitrogen and oxygen atoms in total. The summed E-state index contributed by atoms with van der Waals surface area (Å²) in [4.78, 5) is 1.35. The predicted octanol–water partition coefficient (Wildman–Crippen LogP) is 2.67. The number of quaternary nitrogens is 1. The van der Waals surface area contributed by atoms with Crippen LogP contribution in [0.2, 0.25) is 0 Å². The highest BCUT2D eigenvalue weighted by Gasteiger charge is 2.35. The summed E-state index contributed by atoms with van der Waals surface area (Å²) in [7, 11) is 1.63. The minimum Gasteiger partial charge on any atom is -0.497 e. The normalized spacial score (nSPS) is 15.5. The minimum atomic E-state index is -0.562. The van der Waals surface area contributed by atoms with Crippen molar-refractivity contribution in [2.24, 2.45) is 0 Å². The molecule has 1 aliphatic carbocycles. The Morgan fingerprint density at radius 3 is 2.52 bits per heavy atom. The van der Waals surface area contributed by atoms with Gasteiger partial charge >= 0.3 is 0 Å². The van der Waals surface area contributed by atoms with Gasteiger partial charge in [-0.25, -0.2) is 4.39 Å². The van der Waals surface area contributed by atoms with E-state index in [4.69, 9.17) is 9.47 Å². The molecule has 4 rings (SSSR count). The lowest BCUT2D eigenvalue weighted by atomic mass is 10.2. The molecule has 1 fully saturated rings. The van der Waals surface area contributed by atoms with E-state index >= 15 is 0 Å². The van der Waals surface area contributed by atoms with Crippen LogP contribution in [0.4, 0.5) is 4.39 Å². The third-order valence-electron chi connectivity index (χ3n) is 5.78. The zero-order valence-electron chi connectivity index (χ0n) is 17.8. The van der Waals surface area contributed by atoms with Crippen molar-refractivity contribution in [1.82, 2.24) is 4.57 Å². The van der Waals surface area contributed by atoms with Crippen molar-refractivity contribution in [3.63, 3.8) is 0 Å². The lowest BCUT2D eigenvalue weighted by molar-refractivity contribution is -0.928. The molecule has 1 aromatic heterocycles. The van der Waals surface area contributed by atoms with Crippen molar-refractivity contribution in [1.29, 1.82) is 0 Å². The van der Waals surface area contributed by atoms with E-state index < -0.39 is 6.10 Å². The maximum atomic E-state index is 14.1. The van der Waals surface area contributed by atoms with Crippen LogP contribution in [0.15, 0.2) is 66.9 Å². The van der Waals surface area contributed by atoms with Crippen molar-refractivity contribution in [3.05, 3.63) is 83.9 Å². The lowest BCUT2D eigenvalue weighted by Crippen LogP contribution is -3.13. The van der Waals surface area contributed by atoms with Crippen LogP contribution in [0.5, 0.6) is 11.5 Å². The van der Waals surface area contributed by atoms with Gasteiger partial charge in [-0.05, 0) is 42.5 Å². The number of benzene rings is 2. The summed E-state index contributed by atoms with van der Waals surface area (Å²) >= 11 is 0. The highest BCUT2D eigenvalue weighted by atomic mass is 19.1. The van der Waals surface area contributed by atoms with Gasteiger partial charge in [-0.15, -0.1) is 0 Å². The molecular weight excluding hydrogens is 395 g/mol. The quantitative estimate of drug-likeness (QED) is 0.497. The second-order valence-electron chi connectivity index (χ2n) is 8.17. The molecule has 164 valence electrons. The molecule has 2 atom stereocenters. The van der Waals surface area contributed by atoms with Gasteiger partial charge in [-0.3, -0.25) is 0 Å². The zero-order valence-corrected chi connectivity index (χ0v) is 17.8. The third-order valence-corrected chi connectivity index (χ3v) is 5.78. The summed E-state index contributed by atoms with van der Waals surface area (Å²) in [5.74, 6) is 1.31. The number of ether oxygens (including phenoxy) is 2. The number of halogens is 1. The van der Waals surface area contributed by atoms with Crippen molar-refractivity contribution in [2.75, 3.05) is 20.3 Å². The first kappa shape index (κ1) is 21.4. The second-order valence-corrected chi connectivity index (χ2v) is 8.17. The molecular formula is C25H30FN2O3+. The van der Waals surface area contributed by atoms with E-state index in [-0.39, 0.29) is 12.4 Å². The minimum absolute atomic E-state index is 0.181. The van der Waals surface area contributed by atoms with E-state index in [1.165, 1.54) is 23.8 Å². The summed E-state index contributed by atoms with van der Waals surface area (Å²) in [5.41, 5.74) is 1.83. The van der Waals surface area contributed by atoms with Gasteiger partial charge in [0.05, 0.1) is 25.4 Å². The summed E-state index contributed by atoms with van der Waals surface area (Å²) in [6.07, 6.45) is 3.79. The van der Waals surface area contributed by atoms with Crippen molar-refractivity contribution in [3.8, 4) is 11.5 Å². The van der Waals surface area contributed by atoms with Crippen LogP contribution < -0.4 is 14.4 Å². The number of hydrogen-bond donors (Lipinski definition) is 2. The van der Waals surface area contributed by atoms with Gasteiger partial charge in [-0.1, -0.05) is 18.2 Å². The van der Waals surface area contributed by atoms with E-state index in [1.54, 1.807) is 13.2 Å². The van der Waals surface area contributed by atoms with E-state index in [0.717, 1.165) is 18.0 Å². The van der Waals surface area contributed by atoms with Gasteiger partial charge < -0.3 is 24.0 Å². The Balaban J connectivity index is 1.34. The molecule has 1 heterocycles. The average Bonchev–Trinajstić information content (AvgIpc) is 3.55. The fourth-order valence-corrected chi connectivity index (χ4v) is 3.91. The fourth-order valence-electron chi connectivity index (χ4n) is 3.91. The van der Waals surface area contributed by atoms with Crippen molar-refractivity contribution in [2.45, 2.75) is 38.1 Å². The first-order chi connectivity index (χ1) is 15.1. The highest BCUT2D eigenvalue weighted by molar-refractivity contribution is 5.31. The Kier molecular flexibility index (Phi) is 6.89. The Morgan fingerprint density at radius 1 is 1.06 bits per heavy atom. The van der Waals surface area contributed by atoms with E-state index in [0.29, 0.717) is 30.4 Å². The molecule has 2 aromatic carbocycles. The zero-order chi connectivity index (χ0) is 21.6. The number of aliphatic hydroxyl groups excluding tert-OH is 1. The molecule has 1 unspecified atom stereocenters. The Labute approximate surface area is 182 Å². The SMILES string of the molecule is COc1ccc(OC[C@@H](O)C[NH+](Cc2cccn2Cc2ccccc2F)C2CC2)cc1. The standard InChI is InChI=1S/C25H29FN2O3/c1-30-23-10-12-24(13-11-23)31-18-22(29)17-28(20-8-9-20)16-21-6-4-14-27(21)15-19-5-2-3-7-25(19)26/h2-7,10-14,20,22,29H,8-9,15-18H2,1H3/p+1/t22-/m0/s1. The Hall–Kier alpha value is -2.83. The van der Waals surface area contributed by atoms with Crippen LogP contribution in [0, 0.1) is 5.82 Å². The molecule has 0 aliphatic heterocycles. The van der Waals surface area contributed by atoms with Crippen LogP contribution in [0.3, 0.4) is 0 Å². The first-order valence-corrected chi connectivity index (χ1v) is 10.8. The number of aromatic nitrogens is 1. The number of aliphatic hydroxyl groups is 1. The summed E-state index contributed by atoms with van der Waals surface area (Å²) < 4.78 is 27.1. The molecule has 0 saturated heterocycles. The van der Waals surface area contributed by atoms with E-state index in [2.05, 4.69) is 10.6 Å². The third kappa shape index (κ3) is 5.87. The molecule has 1 aliphatic rings. The molecule has 0 amide bonds. The average molecular weight is 426 g/mol. The highest BCUT2D eigenvalue weighted by Crippen LogP contribution is 2.18. The van der Waals surface area contributed by atoms with Crippen LogP contribution >= 0.6 is 0 Å². The van der Waals surface area contributed by atoms with Crippen molar-refractivity contribution >= 4 is 0 Å². The molecule has 3 aromatic rings. The van der Waals surface area contributed by atoms with Crippen LogP contribution in [-0.4, -0.2) is 42.1 Å². The monoisotopic (exact) mass is 425 g/mol. The Bertz CT molecular complexity index is 969. The fraction of sp³-hybridized carbons (Fsp3) is 0.360. The van der Waals surface area contributed by atoms with Gasteiger partial charge in [0, 0.05) is 24.6 Å². The van der Waals surface area contributed by atoms with Crippen LogP contribution in [0.1, 0.15) is 24.1 Å². The molecule has 6 heteroatoms. The second kappa shape index (κ2) is 9.98. The van der Waals surface area contributed by atoms with Crippen LogP contribution in [0.25, 0.3) is 0 Å². The Morgan fingerprint density at radius 2 is 1.81 bits per heavy atom.